The number of carbonyl (C=O) groups excluding carboxylic acids is 1. The van der Waals surface area contributed by atoms with Crippen molar-refractivity contribution in [2.24, 2.45) is 13.0 Å². The van der Waals surface area contributed by atoms with Crippen LogP contribution in [0.2, 0.25) is 0 Å². The number of nitrogens with zero attached hydrogens (tertiary/aromatic N) is 3. The molecule has 0 aliphatic rings. The molecule has 1 aromatic heterocycles. The number of pyridine rings is 1. The minimum Gasteiger partial charge on any atom is -0.305 e. The van der Waals surface area contributed by atoms with E-state index in [-0.39, 0.29) is 22.4 Å². The van der Waals surface area contributed by atoms with Crippen LogP contribution in [0.25, 0.3) is 10.9 Å². The number of fused-ring (bicyclic) bond motifs is 1. The topological polar surface area (TPSA) is 125 Å². The third-order valence-corrected chi connectivity index (χ3v) is 3.96. The maximum atomic E-state index is 12.2. The van der Waals surface area contributed by atoms with E-state index in [1.807, 2.05) is 0 Å². The smallest absolute Gasteiger partial charge is 0.300 e. The second-order valence-corrected chi connectivity index (χ2v) is 5.78. The van der Waals surface area contributed by atoms with Gasteiger partial charge < -0.3 is 9.36 Å². The van der Waals surface area contributed by atoms with E-state index in [0.29, 0.717) is 6.29 Å². The fraction of sp³-hybridized carbons (Fsp3) is 0.333. The zero-order valence-corrected chi connectivity index (χ0v) is 13.3. The fourth-order valence-electron chi connectivity index (χ4n) is 2.70. The average Bonchev–Trinajstić information content (AvgIpc) is 2.50. The normalized spacial score (nSPS) is 12.3. The quantitative estimate of drug-likeness (QED) is 0.469. The van der Waals surface area contributed by atoms with Crippen molar-refractivity contribution in [3.05, 3.63) is 54.3 Å². The molecule has 0 bridgehead atoms. The van der Waals surface area contributed by atoms with E-state index >= 15 is 0 Å². The van der Waals surface area contributed by atoms with E-state index in [1.165, 1.54) is 13.1 Å². The van der Waals surface area contributed by atoms with Gasteiger partial charge in [0.1, 0.15) is 11.8 Å². The second-order valence-electron chi connectivity index (χ2n) is 5.78. The van der Waals surface area contributed by atoms with Gasteiger partial charge in [0.25, 0.3) is 16.9 Å². The van der Waals surface area contributed by atoms with Crippen molar-refractivity contribution in [2.45, 2.75) is 19.8 Å². The molecule has 0 amide bonds. The molecule has 1 aromatic carbocycles. The summed E-state index contributed by atoms with van der Waals surface area (Å²) in [6, 6.07) is 3.18. The molecular formula is C15H15N3O6. The summed E-state index contributed by atoms with van der Waals surface area (Å²) >= 11 is 0. The van der Waals surface area contributed by atoms with Crippen molar-refractivity contribution in [3.63, 3.8) is 0 Å². The third kappa shape index (κ3) is 2.75. The summed E-state index contributed by atoms with van der Waals surface area (Å²) in [4.78, 5) is 44.5. The van der Waals surface area contributed by atoms with Crippen LogP contribution >= 0.6 is 0 Å². The van der Waals surface area contributed by atoms with Crippen LogP contribution in [-0.2, 0) is 11.8 Å². The van der Waals surface area contributed by atoms with E-state index in [9.17, 15) is 29.8 Å². The lowest BCUT2D eigenvalue weighted by molar-refractivity contribution is -0.393. The van der Waals surface area contributed by atoms with Crippen LogP contribution in [-0.4, -0.2) is 20.7 Å². The molecule has 0 aliphatic heterocycles. The number of benzene rings is 1. The largest absolute Gasteiger partial charge is 0.305 e. The Morgan fingerprint density at radius 1 is 1.12 bits per heavy atom. The van der Waals surface area contributed by atoms with Crippen molar-refractivity contribution >= 4 is 28.6 Å². The highest BCUT2D eigenvalue weighted by atomic mass is 16.6. The Morgan fingerprint density at radius 3 is 2.21 bits per heavy atom. The number of nitro benzene ring substituents is 2. The molecule has 9 heteroatoms. The minimum absolute atomic E-state index is 0.0411. The molecule has 2 aromatic rings. The van der Waals surface area contributed by atoms with Gasteiger partial charge >= 0.3 is 0 Å². The van der Waals surface area contributed by atoms with Crippen molar-refractivity contribution < 1.29 is 14.6 Å². The lowest BCUT2D eigenvalue weighted by Crippen LogP contribution is -2.21. The zero-order valence-electron chi connectivity index (χ0n) is 13.3. The first-order valence-corrected chi connectivity index (χ1v) is 7.10. The highest BCUT2D eigenvalue weighted by Gasteiger charge is 2.27. The molecule has 0 fully saturated rings. The van der Waals surface area contributed by atoms with Gasteiger partial charge in [-0.1, -0.05) is 13.8 Å². The van der Waals surface area contributed by atoms with Crippen LogP contribution in [0.4, 0.5) is 11.4 Å². The van der Waals surface area contributed by atoms with E-state index in [1.54, 1.807) is 13.8 Å². The van der Waals surface area contributed by atoms with Crippen LogP contribution in [0.3, 0.4) is 0 Å². The Morgan fingerprint density at radius 2 is 1.75 bits per heavy atom. The molecule has 24 heavy (non-hydrogen) atoms. The molecule has 126 valence electrons. The number of aldehydes is 1. The van der Waals surface area contributed by atoms with Gasteiger partial charge in [0, 0.05) is 30.5 Å². The van der Waals surface area contributed by atoms with Crippen molar-refractivity contribution in [1.82, 2.24) is 4.57 Å². The molecule has 9 nitrogen and oxygen atoms in total. The number of hydrogen-bond acceptors (Lipinski definition) is 6. The van der Waals surface area contributed by atoms with Gasteiger partial charge in [0.05, 0.1) is 15.9 Å². The number of non-ortho nitro benzene ring substituents is 2. The lowest BCUT2D eigenvalue weighted by Gasteiger charge is -2.18. The van der Waals surface area contributed by atoms with E-state index in [2.05, 4.69) is 0 Å². The predicted octanol–water partition coefficient (Wildman–Crippen LogP) is 2.29. The highest BCUT2D eigenvalue weighted by Crippen LogP contribution is 2.35. The molecule has 0 radical (unpaired) electrons. The summed E-state index contributed by atoms with van der Waals surface area (Å²) in [5.74, 6) is -0.890. The van der Waals surface area contributed by atoms with E-state index in [4.69, 9.17) is 0 Å². The molecule has 1 atom stereocenters. The summed E-state index contributed by atoms with van der Waals surface area (Å²) in [6.07, 6.45) is 0.642. The summed E-state index contributed by atoms with van der Waals surface area (Å²) in [6.45, 7) is 3.52. The summed E-state index contributed by atoms with van der Waals surface area (Å²) in [5, 5.41) is 22.6. The lowest BCUT2D eigenvalue weighted by atomic mass is 9.87. The molecule has 0 saturated carbocycles. The summed E-state index contributed by atoms with van der Waals surface area (Å²) < 4.78 is 1.06. The van der Waals surface area contributed by atoms with Crippen molar-refractivity contribution in [2.75, 3.05) is 0 Å². The van der Waals surface area contributed by atoms with Gasteiger partial charge in [0.2, 0.25) is 0 Å². The number of nitro groups is 2. The van der Waals surface area contributed by atoms with Crippen LogP contribution < -0.4 is 5.56 Å². The summed E-state index contributed by atoms with van der Waals surface area (Å²) in [7, 11) is 1.35. The van der Waals surface area contributed by atoms with Gasteiger partial charge in [0.15, 0.2) is 0 Å². The number of aryl methyl sites for hydroxylation is 1. The third-order valence-electron chi connectivity index (χ3n) is 3.96. The van der Waals surface area contributed by atoms with Crippen molar-refractivity contribution in [3.8, 4) is 0 Å². The Bertz CT molecular complexity index is 916. The Labute approximate surface area is 135 Å². The first-order valence-electron chi connectivity index (χ1n) is 7.10. The first kappa shape index (κ1) is 17.3. The Hall–Kier alpha value is -3.10. The van der Waals surface area contributed by atoms with Gasteiger partial charge in [-0.25, -0.2) is 0 Å². The first-order chi connectivity index (χ1) is 11.2. The maximum absolute atomic E-state index is 12.2. The highest BCUT2D eigenvalue weighted by molar-refractivity contribution is 5.94. The number of rotatable bonds is 5. The number of carbonyl (C=O) groups is 1. The number of hydrogen-bond donors (Lipinski definition) is 0. The molecular weight excluding hydrogens is 318 g/mol. The van der Waals surface area contributed by atoms with Crippen LogP contribution in [0.1, 0.15) is 25.3 Å². The number of aromatic nitrogens is 1. The maximum Gasteiger partial charge on any atom is 0.300 e. The minimum atomic E-state index is -0.774. The summed E-state index contributed by atoms with van der Waals surface area (Å²) in [5.41, 5.74) is -1.33. The second kappa shape index (κ2) is 6.19. The molecule has 0 saturated heterocycles. The molecule has 1 heterocycles. The van der Waals surface area contributed by atoms with Crippen LogP contribution in [0.15, 0.2) is 23.0 Å². The standard InChI is InChI=1S/C15H15N3O6/c1-8(2)12(7-19)10-6-14(20)16(3)15-11(10)4-9(17(21)22)5-13(15)18(23)24/h4-8,12H,1-3H3/t12-/m0/s1. The van der Waals surface area contributed by atoms with E-state index in [0.717, 1.165) is 16.7 Å². The SMILES string of the molecule is CC(C)[C@H](C=O)c1cc(=O)n(C)c2c([N+](=O)[O-])cc([N+](=O)[O-])cc12. The Balaban J connectivity index is 3.08. The van der Waals surface area contributed by atoms with Crippen molar-refractivity contribution in [1.29, 1.82) is 0 Å². The monoisotopic (exact) mass is 333 g/mol. The van der Waals surface area contributed by atoms with Gasteiger partial charge in [-0.15, -0.1) is 0 Å². The van der Waals surface area contributed by atoms with Crippen LogP contribution in [0, 0.1) is 26.1 Å². The van der Waals surface area contributed by atoms with Crippen LogP contribution in [0.5, 0.6) is 0 Å². The molecule has 0 spiro atoms. The predicted molar refractivity (Wildman–Crippen MR) is 86.1 cm³/mol. The molecule has 0 N–H and O–H groups in total. The van der Waals surface area contributed by atoms with Gasteiger partial charge in [-0.05, 0) is 11.5 Å². The fourth-order valence-corrected chi connectivity index (χ4v) is 2.70. The zero-order chi connectivity index (χ0) is 18.2. The van der Waals surface area contributed by atoms with E-state index < -0.39 is 32.7 Å². The van der Waals surface area contributed by atoms with Gasteiger partial charge in [-0.3, -0.25) is 25.0 Å². The van der Waals surface area contributed by atoms with Gasteiger partial charge in [-0.2, -0.15) is 0 Å². The average molecular weight is 333 g/mol. The molecule has 2 rings (SSSR count). The molecule has 0 unspecified atom stereocenters. The Kier molecular flexibility index (Phi) is 4.45. The molecule has 0 aliphatic carbocycles.